The van der Waals surface area contributed by atoms with Gasteiger partial charge < -0.3 is 9.64 Å². The van der Waals surface area contributed by atoms with Crippen molar-refractivity contribution in [2.45, 2.75) is 26.0 Å². The van der Waals surface area contributed by atoms with E-state index in [9.17, 15) is 14.0 Å². The maximum absolute atomic E-state index is 13.5. The van der Waals surface area contributed by atoms with Crippen LogP contribution in [-0.4, -0.2) is 29.4 Å². The van der Waals surface area contributed by atoms with Crippen LogP contribution in [0.5, 0.6) is 0 Å². The molecule has 0 unspecified atom stereocenters. The van der Waals surface area contributed by atoms with E-state index in [-0.39, 0.29) is 11.5 Å². The molecule has 0 fully saturated rings. The van der Waals surface area contributed by atoms with Crippen molar-refractivity contribution in [1.82, 2.24) is 4.90 Å². The second-order valence-corrected chi connectivity index (χ2v) is 6.21. The summed E-state index contributed by atoms with van der Waals surface area (Å²) in [5, 5.41) is 0. The van der Waals surface area contributed by atoms with Gasteiger partial charge in [0.25, 0.3) is 5.91 Å². The Hall–Kier alpha value is -2.95. The highest BCUT2D eigenvalue weighted by Crippen LogP contribution is 2.19. The summed E-state index contributed by atoms with van der Waals surface area (Å²) in [6.07, 6.45) is 2.37. The van der Waals surface area contributed by atoms with Crippen LogP contribution in [0, 0.1) is 5.82 Å². The van der Waals surface area contributed by atoms with E-state index in [1.807, 2.05) is 18.2 Å². The Morgan fingerprint density at radius 1 is 1.12 bits per heavy atom. The molecule has 3 rings (SSSR count). The second-order valence-electron chi connectivity index (χ2n) is 6.21. The Labute approximate surface area is 151 Å². The van der Waals surface area contributed by atoms with Gasteiger partial charge in [0, 0.05) is 24.7 Å². The minimum atomic E-state index is -0.891. The third kappa shape index (κ3) is 4.17. The van der Waals surface area contributed by atoms with Crippen molar-refractivity contribution in [3.63, 3.8) is 0 Å². The van der Waals surface area contributed by atoms with Crippen molar-refractivity contribution >= 4 is 18.0 Å². The fourth-order valence-electron chi connectivity index (χ4n) is 2.97. The molecule has 1 atom stereocenters. The number of carbonyl (C=O) groups excluding carboxylic acids is 2. The number of esters is 1. The Morgan fingerprint density at radius 3 is 2.58 bits per heavy atom. The molecule has 0 saturated heterocycles. The first kappa shape index (κ1) is 17.9. The number of hydrogen-bond acceptors (Lipinski definition) is 3. The number of hydrogen-bond donors (Lipinski definition) is 0. The molecule has 1 amide bonds. The molecule has 0 bridgehead atoms. The second kappa shape index (κ2) is 7.95. The molecule has 1 heterocycles. The summed E-state index contributed by atoms with van der Waals surface area (Å²) < 4.78 is 18.7. The van der Waals surface area contributed by atoms with Crippen LogP contribution in [0.15, 0.2) is 54.6 Å². The van der Waals surface area contributed by atoms with Crippen molar-refractivity contribution < 1.29 is 18.7 Å². The van der Waals surface area contributed by atoms with Crippen LogP contribution < -0.4 is 0 Å². The number of carbonyl (C=O) groups is 2. The molecule has 1 aliphatic heterocycles. The summed E-state index contributed by atoms with van der Waals surface area (Å²) in [5.74, 6) is -1.33. The largest absolute Gasteiger partial charge is 0.449 e. The predicted octanol–water partition coefficient (Wildman–Crippen LogP) is 3.36. The molecule has 5 heteroatoms. The average molecular weight is 353 g/mol. The van der Waals surface area contributed by atoms with Crippen LogP contribution in [0.2, 0.25) is 0 Å². The molecule has 1 aliphatic rings. The van der Waals surface area contributed by atoms with Gasteiger partial charge in [-0.05, 0) is 36.6 Å². The lowest BCUT2D eigenvalue weighted by Gasteiger charge is -2.30. The van der Waals surface area contributed by atoms with Crippen LogP contribution >= 0.6 is 0 Å². The number of nitrogens with zero attached hydrogens (tertiary/aromatic N) is 1. The van der Waals surface area contributed by atoms with Crippen LogP contribution in [0.25, 0.3) is 6.08 Å². The highest BCUT2D eigenvalue weighted by molar-refractivity contribution is 5.90. The molecule has 0 radical (unpaired) electrons. The molecular formula is C21H20FNO3. The van der Waals surface area contributed by atoms with Gasteiger partial charge in [0.1, 0.15) is 5.82 Å². The number of fused-ring (bicyclic) bond motifs is 1. The number of amides is 1. The van der Waals surface area contributed by atoms with Crippen LogP contribution in [0.1, 0.15) is 23.6 Å². The zero-order valence-electron chi connectivity index (χ0n) is 14.5. The van der Waals surface area contributed by atoms with Gasteiger partial charge in [0.05, 0.1) is 0 Å². The third-order valence-electron chi connectivity index (χ3n) is 4.39. The van der Waals surface area contributed by atoms with E-state index < -0.39 is 17.9 Å². The number of halogens is 1. The molecule has 0 aliphatic carbocycles. The Morgan fingerprint density at radius 2 is 1.81 bits per heavy atom. The monoisotopic (exact) mass is 353 g/mol. The molecule has 0 aromatic heterocycles. The van der Waals surface area contributed by atoms with Crippen LogP contribution in [0.4, 0.5) is 4.39 Å². The average Bonchev–Trinajstić information content (AvgIpc) is 2.66. The lowest BCUT2D eigenvalue weighted by atomic mass is 9.99. The van der Waals surface area contributed by atoms with E-state index in [1.165, 1.54) is 17.7 Å². The fraction of sp³-hybridized carbons (Fsp3) is 0.238. The topological polar surface area (TPSA) is 46.6 Å². The first-order valence-corrected chi connectivity index (χ1v) is 8.53. The Balaban J connectivity index is 1.58. The minimum absolute atomic E-state index is 0.229. The first-order valence-electron chi connectivity index (χ1n) is 8.53. The number of ether oxygens (including phenoxy) is 1. The predicted molar refractivity (Wildman–Crippen MR) is 96.6 cm³/mol. The van der Waals surface area contributed by atoms with Gasteiger partial charge in [0.15, 0.2) is 6.10 Å². The Kier molecular flexibility index (Phi) is 5.46. The minimum Gasteiger partial charge on any atom is -0.449 e. The lowest BCUT2D eigenvalue weighted by Crippen LogP contribution is -2.42. The van der Waals surface area contributed by atoms with E-state index in [0.29, 0.717) is 13.1 Å². The quantitative estimate of drug-likeness (QED) is 0.625. The van der Waals surface area contributed by atoms with Gasteiger partial charge in [-0.25, -0.2) is 9.18 Å². The molecular weight excluding hydrogens is 333 g/mol. The molecule has 134 valence electrons. The zero-order chi connectivity index (χ0) is 18.5. The van der Waals surface area contributed by atoms with Crippen LogP contribution in [-0.2, 0) is 27.3 Å². The van der Waals surface area contributed by atoms with Crippen molar-refractivity contribution in [2.75, 3.05) is 6.54 Å². The van der Waals surface area contributed by atoms with Crippen molar-refractivity contribution in [3.8, 4) is 0 Å². The van der Waals surface area contributed by atoms with E-state index in [2.05, 4.69) is 6.07 Å². The van der Waals surface area contributed by atoms with Gasteiger partial charge in [-0.2, -0.15) is 0 Å². The lowest BCUT2D eigenvalue weighted by molar-refractivity contribution is -0.155. The van der Waals surface area contributed by atoms with Crippen molar-refractivity contribution in [2.24, 2.45) is 0 Å². The third-order valence-corrected chi connectivity index (χ3v) is 4.39. The van der Waals surface area contributed by atoms with Gasteiger partial charge >= 0.3 is 5.97 Å². The van der Waals surface area contributed by atoms with Crippen LogP contribution in [0.3, 0.4) is 0 Å². The highest BCUT2D eigenvalue weighted by Gasteiger charge is 2.26. The molecule has 26 heavy (non-hydrogen) atoms. The van der Waals surface area contributed by atoms with Crippen molar-refractivity contribution in [1.29, 1.82) is 0 Å². The van der Waals surface area contributed by atoms with Crippen molar-refractivity contribution in [3.05, 3.63) is 77.1 Å². The first-order chi connectivity index (χ1) is 12.5. The van der Waals surface area contributed by atoms with E-state index >= 15 is 0 Å². The van der Waals surface area contributed by atoms with E-state index in [1.54, 1.807) is 30.0 Å². The summed E-state index contributed by atoms with van der Waals surface area (Å²) in [5.41, 5.74) is 2.65. The summed E-state index contributed by atoms with van der Waals surface area (Å²) >= 11 is 0. The fourth-order valence-corrected chi connectivity index (χ4v) is 2.97. The van der Waals surface area contributed by atoms with Gasteiger partial charge in [-0.3, -0.25) is 4.79 Å². The maximum atomic E-state index is 13.5. The highest BCUT2D eigenvalue weighted by atomic mass is 19.1. The molecule has 0 saturated carbocycles. The van der Waals surface area contributed by atoms with Gasteiger partial charge in [-0.1, -0.05) is 42.5 Å². The molecule has 0 N–H and O–H groups in total. The summed E-state index contributed by atoms with van der Waals surface area (Å²) in [6.45, 7) is 2.67. The van der Waals surface area contributed by atoms with E-state index in [0.717, 1.165) is 18.1 Å². The molecule has 2 aromatic rings. The molecule has 2 aromatic carbocycles. The summed E-state index contributed by atoms with van der Waals surface area (Å²) in [4.78, 5) is 26.2. The number of rotatable bonds is 4. The Bertz CT molecular complexity index is 847. The summed E-state index contributed by atoms with van der Waals surface area (Å²) in [6, 6.07) is 14.1. The smallest absolute Gasteiger partial charge is 0.331 e. The normalized spacial score (nSPS) is 14.8. The summed E-state index contributed by atoms with van der Waals surface area (Å²) in [7, 11) is 0. The standard InChI is InChI=1S/C21H20FNO3/c1-15(26-20(24)11-10-17-7-4-5-9-19(17)22)21(25)23-13-12-16-6-2-3-8-18(16)14-23/h2-11,15H,12-14H2,1H3/b11-10+/t15-/m1/s1. The SMILES string of the molecule is C[C@@H](OC(=O)/C=C/c1ccccc1F)C(=O)N1CCc2ccccc2C1. The van der Waals surface area contributed by atoms with Gasteiger partial charge in [-0.15, -0.1) is 0 Å². The zero-order valence-corrected chi connectivity index (χ0v) is 14.5. The molecule has 4 nitrogen and oxygen atoms in total. The maximum Gasteiger partial charge on any atom is 0.331 e. The van der Waals surface area contributed by atoms with Gasteiger partial charge in [0.2, 0.25) is 0 Å². The number of benzene rings is 2. The molecule has 0 spiro atoms. The van der Waals surface area contributed by atoms with E-state index in [4.69, 9.17) is 4.74 Å².